The van der Waals surface area contributed by atoms with E-state index < -0.39 is 43.8 Å². The molecule has 0 atom stereocenters. The van der Waals surface area contributed by atoms with Crippen LogP contribution in [0.1, 0.15) is 46.0 Å². The Morgan fingerprint density at radius 1 is 1.05 bits per heavy atom. The van der Waals surface area contributed by atoms with Crippen LogP contribution in [-0.4, -0.2) is 53.4 Å². The fourth-order valence-electron chi connectivity index (χ4n) is 4.72. The molecule has 41 heavy (non-hydrogen) atoms. The number of hydrogen-bond acceptors (Lipinski definition) is 6. The second-order valence-corrected chi connectivity index (χ2v) is 12.0. The van der Waals surface area contributed by atoms with Gasteiger partial charge in [0.15, 0.2) is 5.82 Å². The lowest BCUT2D eigenvalue weighted by Gasteiger charge is -2.36. The SMILES string of the molecule is COc1ccc(C(=O)Nc2n[nH]c3c2CN(S(=O)(=O)c2cc(F)cc(F)c2)CC3(C)C)c(NC(=O)c2ccc[nH]2)c1. The van der Waals surface area contributed by atoms with Crippen LogP contribution in [0, 0.1) is 11.6 Å². The third-order valence-corrected chi connectivity index (χ3v) is 8.49. The molecule has 4 aromatic rings. The number of H-pyrrole nitrogens is 2. The third kappa shape index (κ3) is 5.43. The van der Waals surface area contributed by atoms with E-state index in [1.807, 2.05) is 0 Å². The highest BCUT2D eigenvalue weighted by atomic mass is 32.2. The van der Waals surface area contributed by atoms with Gasteiger partial charge in [0.25, 0.3) is 11.8 Å². The van der Waals surface area contributed by atoms with Gasteiger partial charge in [-0.2, -0.15) is 9.40 Å². The van der Waals surface area contributed by atoms with E-state index in [9.17, 15) is 26.8 Å². The van der Waals surface area contributed by atoms with E-state index in [-0.39, 0.29) is 35.9 Å². The number of methoxy groups -OCH3 is 1. The van der Waals surface area contributed by atoms with Crippen molar-refractivity contribution in [3.63, 3.8) is 0 Å². The molecule has 0 spiro atoms. The summed E-state index contributed by atoms with van der Waals surface area (Å²) in [5, 5.41) is 12.5. The maximum absolute atomic E-state index is 13.9. The second kappa shape index (κ2) is 10.4. The molecule has 3 heterocycles. The molecule has 0 radical (unpaired) electrons. The van der Waals surface area contributed by atoms with Crippen LogP contribution >= 0.6 is 0 Å². The number of fused-ring (bicyclic) bond motifs is 1. The smallest absolute Gasteiger partial charge is 0.272 e. The minimum absolute atomic E-state index is 0.0105. The van der Waals surface area contributed by atoms with Crippen LogP contribution in [0.3, 0.4) is 0 Å². The number of carbonyl (C=O) groups is 2. The van der Waals surface area contributed by atoms with Crippen LogP contribution in [0.4, 0.5) is 20.3 Å². The van der Waals surface area contributed by atoms with Crippen LogP contribution < -0.4 is 15.4 Å². The van der Waals surface area contributed by atoms with Gasteiger partial charge < -0.3 is 20.4 Å². The van der Waals surface area contributed by atoms with Crippen LogP contribution in [0.15, 0.2) is 59.6 Å². The standard InChI is InChI=1S/C27H26F2N6O5S/c1-27(2)14-35(41(38,39)18-10-15(28)9-16(29)11-18)13-20-23(27)33-34-24(20)32-25(36)19-7-6-17(40-3)12-22(19)31-26(37)21-5-4-8-30-21/h4-12,30H,13-14H2,1-3H3,(H,31,37)(H2,32,33,34,36). The zero-order valence-corrected chi connectivity index (χ0v) is 23.0. The Balaban J connectivity index is 1.45. The lowest BCUT2D eigenvalue weighted by Crippen LogP contribution is -2.45. The highest BCUT2D eigenvalue weighted by molar-refractivity contribution is 7.89. The van der Waals surface area contributed by atoms with Crippen molar-refractivity contribution in [2.75, 3.05) is 24.3 Å². The van der Waals surface area contributed by atoms with Crippen molar-refractivity contribution in [3.8, 4) is 5.75 Å². The number of halogens is 2. The van der Waals surface area contributed by atoms with Crippen LogP contribution in [0.5, 0.6) is 5.75 Å². The van der Waals surface area contributed by atoms with Gasteiger partial charge in [-0.25, -0.2) is 17.2 Å². The van der Waals surface area contributed by atoms with Crippen molar-refractivity contribution in [2.24, 2.45) is 0 Å². The van der Waals surface area contributed by atoms with E-state index in [0.29, 0.717) is 23.1 Å². The molecular formula is C27H26F2N6O5S. The molecule has 0 saturated heterocycles. The lowest BCUT2D eigenvalue weighted by molar-refractivity contribution is 0.102. The molecule has 0 bridgehead atoms. The third-order valence-electron chi connectivity index (χ3n) is 6.72. The summed E-state index contributed by atoms with van der Waals surface area (Å²) in [5.74, 6) is -2.68. The number of nitrogens with zero attached hydrogens (tertiary/aromatic N) is 2. The van der Waals surface area contributed by atoms with Crippen LogP contribution in [-0.2, 0) is 22.0 Å². The molecule has 0 unspecified atom stereocenters. The predicted molar refractivity (Wildman–Crippen MR) is 145 cm³/mol. The minimum atomic E-state index is -4.31. The summed E-state index contributed by atoms with van der Waals surface area (Å²) in [6.07, 6.45) is 1.59. The summed E-state index contributed by atoms with van der Waals surface area (Å²) in [6, 6.07) is 9.85. The Morgan fingerprint density at radius 2 is 1.78 bits per heavy atom. The van der Waals surface area contributed by atoms with Gasteiger partial charge in [0.1, 0.15) is 23.1 Å². The summed E-state index contributed by atoms with van der Waals surface area (Å²) in [6.45, 7) is 3.33. The van der Waals surface area contributed by atoms with Crippen molar-refractivity contribution in [1.82, 2.24) is 19.5 Å². The summed E-state index contributed by atoms with van der Waals surface area (Å²) >= 11 is 0. The Labute approximate surface area is 234 Å². The number of hydrogen-bond donors (Lipinski definition) is 4. The zero-order valence-electron chi connectivity index (χ0n) is 22.2. The van der Waals surface area contributed by atoms with Crippen molar-refractivity contribution in [1.29, 1.82) is 0 Å². The summed E-state index contributed by atoms with van der Waals surface area (Å²) in [5.41, 5.74) is 0.737. The first kappa shape index (κ1) is 28.0. The molecule has 0 saturated carbocycles. The number of ether oxygens (including phenoxy) is 1. The quantitative estimate of drug-likeness (QED) is 0.258. The number of carbonyl (C=O) groups excluding carboxylic acids is 2. The van der Waals surface area contributed by atoms with Gasteiger partial charge in [-0.15, -0.1) is 0 Å². The lowest BCUT2D eigenvalue weighted by atomic mass is 9.84. The Morgan fingerprint density at radius 3 is 2.44 bits per heavy atom. The zero-order chi connectivity index (χ0) is 29.5. The Kier molecular flexibility index (Phi) is 7.13. The molecule has 1 aliphatic rings. The Bertz CT molecular complexity index is 1730. The van der Waals surface area contributed by atoms with Gasteiger partial charge >= 0.3 is 0 Å². The molecule has 11 nitrogen and oxygen atoms in total. The number of aromatic amines is 2. The summed E-state index contributed by atoms with van der Waals surface area (Å²) in [4.78, 5) is 28.4. The van der Waals surface area contributed by atoms with Crippen molar-refractivity contribution in [2.45, 2.75) is 30.7 Å². The van der Waals surface area contributed by atoms with Crippen LogP contribution in [0.2, 0.25) is 0 Å². The fraction of sp³-hybridized carbons (Fsp3) is 0.222. The van der Waals surface area contributed by atoms with Gasteiger partial charge in [-0.3, -0.25) is 14.7 Å². The molecule has 4 N–H and O–H groups in total. The van der Waals surface area contributed by atoms with Gasteiger partial charge in [-0.1, -0.05) is 13.8 Å². The van der Waals surface area contributed by atoms with E-state index >= 15 is 0 Å². The summed E-state index contributed by atoms with van der Waals surface area (Å²) in [7, 11) is -2.87. The van der Waals surface area contributed by atoms with E-state index in [4.69, 9.17) is 4.74 Å². The second-order valence-electron chi connectivity index (χ2n) is 10.1. The normalized spacial score (nSPS) is 14.8. The molecule has 0 fully saturated rings. The van der Waals surface area contributed by atoms with Crippen molar-refractivity contribution < 1.29 is 31.5 Å². The van der Waals surface area contributed by atoms with Crippen molar-refractivity contribution in [3.05, 3.63) is 88.9 Å². The maximum atomic E-state index is 13.9. The van der Waals surface area contributed by atoms with E-state index in [0.717, 1.165) is 16.4 Å². The number of rotatable bonds is 7. The molecule has 0 aliphatic carbocycles. The first-order valence-electron chi connectivity index (χ1n) is 12.4. The Hall–Kier alpha value is -4.56. The predicted octanol–water partition coefficient (Wildman–Crippen LogP) is 4.01. The average molecular weight is 585 g/mol. The largest absolute Gasteiger partial charge is 0.497 e. The minimum Gasteiger partial charge on any atom is -0.497 e. The highest BCUT2D eigenvalue weighted by Crippen LogP contribution is 2.38. The molecule has 2 aromatic heterocycles. The van der Waals surface area contributed by atoms with Crippen LogP contribution in [0.25, 0.3) is 0 Å². The first-order chi connectivity index (χ1) is 19.4. The van der Waals surface area contributed by atoms with Gasteiger partial charge in [0, 0.05) is 48.1 Å². The fourth-order valence-corrected chi connectivity index (χ4v) is 6.33. The molecule has 1 aliphatic heterocycles. The number of sulfonamides is 1. The van der Waals surface area contributed by atoms with Gasteiger partial charge in [0.05, 0.1) is 23.3 Å². The number of nitrogens with one attached hydrogen (secondary N) is 4. The highest BCUT2D eigenvalue weighted by Gasteiger charge is 2.41. The number of anilines is 2. The topological polar surface area (TPSA) is 149 Å². The van der Waals surface area contributed by atoms with Crippen molar-refractivity contribution >= 4 is 33.3 Å². The van der Waals surface area contributed by atoms with Gasteiger partial charge in [0.2, 0.25) is 10.0 Å². The van der Waals surface area contributed by atoms with E-state index in [1.165, 1.54) is 19.2 Å². The molecule has 14 heteroatoms. The molecule has 2 aromatic carbocycles. The van der Waals surface area contributed by atoms with Gasteiger partial charge in [-0.05, 0) is 36.4 Å². The molecular weight excluding hydrogens is 558 g/mol. The molecule has 5 rings (SSSR count). The summed E-state index contributed by atoms with van der Waals surface area (Å²) < 4.78 is 60.8. The average Bonchev–Trinajstić information content (AvgIpc) is 3.59. The maximum Gasteiger partial charge on any atom is 0.272 e. The van der Waals surface area contributed by atoms with E-state index in [2.05, 4.69) is 25.8 Å². The number of aromatic nitrogens is 3. The number of amides is 2. The first-order valence-corrected chi connectivity index (χ1v) is 13.8. The molecule has 214 valence electrons. The van der Waals surface area contributed by atoms with E-state index in [1.54, 1.807) is 38.2 Å². The number of benzene rings is 2. The molecule has 2 amide bonds. The monoisotopic (exact) mass is 584 g/mol.